The summed E-state index contributed by atoms with van der Waals surface area (Å²) in [4.78, 5) is 12.5. The molecule has 92 valence electrons. The number of nitrogens with zero attached hydrogens (tertiary/aromatic N) is 1. The Bertz CT molecular complexity index is 879. The van der Waals surface area contributed by atoms with Crippen molar-refractivity contribution in [3.63, 3.8) is 0 Å². The normalized spacial score (nSPS) is 11.6. The van der Waals surface area contributed by atoms with Gasteiger partial charge in [0.1, 0.15) is 5.35 Å². The first-order valence-corrected chi connectivity index (χ1v) is 6.04. The summed E-state index contributed by atoms with van der Waals surface area (Å²) in [6.45, 7) is 0.222. The van der Waals surface area contributed by atoms with E-state index in [0.29, 0.717) is 5.56 Å². The van der Waals surface area contributed by atoms with Crippen molar-refractivity contribution in [2.75, 3.05) is 0 Å². The van der Waals surface area contributed by atoms with E-state index in [0.717, 1.165) is 16.3 Å². The van der Waals surface area contributed by atoms with Crippen LogP contribution in [0, 0.1) is 0 Å². The maximum absolute atomic E-state index is 12.5. The predicted molar refractivity (Wildman–Crippen MR) is 75.1 cm³/mol. The highest BCUT2D eigenvalue weighted by molar-refractivity contribution is 5.46. The average molecular weight is 248 g/mol. The molecular formula is C16H12N2O. The summed E-state index contributed by atoms with van der Waals surface area (Å²) >= 11 is 0. The van der Waals surface area contributed by atoms with Crippen LogP contribution >= 0.6 is 0 Å². The Hall–Kier alpha value is -2.57. The zero-order valence-electron chi connectivity index (χ0n) is 10.3. The number of para-hydroxylation sites is 1. The van der Waals surface area contributed by atoms with Crippen molar-refractivity contribution in [2.45, 2.75) is 6.54 Å². The monoisotopic (exact) mass is 248 g/mol. The van der Waals surface area contributed by atoms with Crippen LogP contribution in [0.25, 0.3) is 17.5 Å². The molecule has 3 rings (SSSR count). The van der Waals surface area contributed by atoms with Crippen LogP contribution in [0.1, 0.15) is 5.56 Å². The first-order valence-electron chi connectivity index (χ1n) is 6.04. The summed E-state index contributed by atoms with van der Waals surface area (Å²) in [6.07, 6.45) is 3.69. The molecule has 3 nitrogen and oxygen atoms in total. The van der Waals surface area contributed by atoms with Crippen LogP contribution < -0.4 is 21.9 Å². The van der Waals surface area contributed by atoms with Crippen molar-refractivity contribution in [3.8, 4) is 5.69 Å². The summed E-state index contributed by atoms with van der Waals surface area (Å²) in [7, 11) is 0. The zero-order valence-corrected chi connectivity index (χ0v) is 10.3. The number of hydrogen-bond acceptors (Lipinski definition) is 2. The maximum atomic E-state index is 12.5. The van der Waals surface area contributed by atoms with Gasteiger partial charge in [-0.2, -0.15) is 0 Å². The Morgan fingerprint density at radius 3 is 2.74 bits per heavy atom. The molecule has 2 N–H and O–H groups in total. The molecule has 0 fully saturated rings. The van der Waals surface area contributed by atoms with E-state index in [1.807, 2.05) is 42.5 Å². The van der Waals surface area contributed by atoms with Gasteiger partial charge < -0.3 is 5.73 Å². The fourth-order valence-corrected chi connectivity index (χ4v) is 2.16. The van der Waals surface area contributed by atoms with Crippen molar-refractivity contribution in [1.82, 2.24) is 4.57 Å². The van der Waals surface area contributed by atoms with Gasteiger partial charge in [0.05, 0.1) is 0 Å². The van der Waals surface area contributed by atoms with Gasteiger partial charge in [-0.05, 0) is 36.1 Å². The third kappa shape index (κ3) is 1.88. The second kappa shape index (κ2) is 4.60. The number of allylic oxidation sites excluding steroid dienone is 1. The molecule has 0 unspecified atom stereocenters. The summed E-state index contributed by atoms with van der Waals surface area (Å²) in [5, 5.41) is 1.65. The fraction of sp³-hybridized carbons (Fsp3) is 0.0625. The number of fused-ring (bicyclic) bond motifs is 1. The molecule has 0 spiro atoms. The van der Waals surface area contributed by atoms with Gasteiger partial charge >= 0.3 is 0 Å². The van der Waals surface area contributed by atoms with E-state index in [2.05, 4.69) is 11.5 Å². The molecule has 0 aliphatic heterocycles. The van der Waals surface area contributed by atoms with Crippen LogP contribution in [0.15, 0.2) is 53.0 Å². The van der Waals surface area contributed by atoms with Gasteiger partial charge in [0.2, 0.25) is 0 Å². The van der Waals surface area contributed by atoms with Gasteiger partial charge in [-0.1, -0.05) is 23.9 Å². The van der Waals surface area contributed by atoms with Crippen molar-refractivity contribution < 1.29 is 0 Å². The first-order chi connectivity index (χ1) is 9.31. The Kier molecular flexibility index (Phi) is 2.79. The molecular weight excluding hydrogens is 236 g/mol. The van der Waals surface area contributed by atoms with Crippen LogP contribution in [-0.2, 0) is 6.54 Å². The molecule has 2 aromatic rings. The number of rotatable bonds is 2. The van der Waals surface area contributed by atoms with Gasteiger partial charge in [-0.25, -0.2) is 0 Å². The molecule has 1 aliphatic carbocycles. The predicted octanol–water partition coefficient (Wildman–Crippen LogP) is 0.181. The Balaban J connectivity index is 2.53. The van der Waals surface area contributed by atoms with Gasteiger partial charge in [0.25, 0.3) is 5.56 Å². The Morgan fingerprint density at radius 2 is 2.00 bits per heavy atom. The minimum absolute atomic E-state index is 0.1000. The topological polar surface area (TPSA) is 48.0 Å². The zero-order chi connectivity index (χ0) is 13.2. The summed E-state index contributed by atoms with van der Waals surface area (Å²) in [5.41, 5.74) is 12.9. The van der Waals surface area contributed by atoms with E-state index in [9.17, 15) is 4.79 Å². The number of pyridine rings is 1. The molecule has 3 heteroatoms. The van der Waals surface area contributed by atoms with E-state index in [4.69, 9.17) is 5.73 Å². The van der Waals surface area contributed by atoms with E-state index >= 15 is 0 Å². The number of nitrogens with two attached hydrogens (primary N) is 1. The van der Waals surface area contributed by atoms with E-state index in [1.54, 1.807) is 10.6 Å². The molecule has 0 bridgehead atoms. The molecule has 0 saturated heterocycles. The number of benzene rings is 1. The van der Waals surface area contributed by atoms with Crippen molar-refractivity contribution >= 4 is 11.8 Å². The highest BCUT2D eigenvalue weighted by atomic mass is 16.1. The quantitative estimate of drug-likeness (QED) is 0.771. The van der Waals surface area contributed by atoms with Gasteiger partial charge in [0.15, 0.2) is 0 Å². The molecule has 1 heterocycles. The lowest BCUT2D eigenvalue weighted by Crippen LogP contribution is -2.44. The minimum Gasteiger partial charge on any atom is -0.326 e. The third-order valence-corrected chi connectivity index (χ3v) is 3.08. The molecule has 0 amide bonds. The molecule has 1 aliphatic rings. The third-order valence-electron chi connectivity index (χ3n) is 3.08. The SMILES string of the molecule is NCc1cc2c(n(-c3ccccc3)c1=O)=C=C=CC=2. The lowest BCUT2D eigenvalue weighted by atomic mass is 10.2. The molecule has 19 heavy (non-hydrogen) atoms. The average Bonchev–Trinajstić information content (AvgIpc) is 2.47. The van der Waals surface area contributed by atoms with Gasteiger partial charge in [-0.15, -0.1) is 0 Å². The second-order valence-corrected chi connectivity index (χ2v) is 4.26. The van der Waals surface area contributed by atoms with E-state index in [-0.39, 0.29) is 12.1 Å². The molecule has 0 radical (unpaired) electrons. The second-order valence-electron chi connectivity index (χ2n) is 4.26. The minimum atomic E-state index is -0.1000. The summed E-state index contributed by atoms with van der Waals surface area (Å²) in [6, 6.07) is 11.3. The van der Waals surface area contributed by atoms with Crippen LogP contribution in [-0.4, -0.2) is 4.57 Å². The van der Waals surface area contributed by atoms with Crippen LogP contribution in [0.5, 0.6) is 0 Å². The Labute approximate surface area is 109 Å². The van der Waals surface area contributed by atoms with Crippen molar-refractivity contribution in [1.29, 1.82) is 0 Å². The van der Waals surface area contributed by atoms with Crippen molar-refractivity contribution in [3.05, 3.63) is 74.7 Å². The molecule has 1 aromatic carbocycles. The van der Waals surface area contributed by atoms with E-state index in [1.165, 1.54) is 0 Å². The van der Waals surface area contributed by atoms with Gasteiger partial charge in [0, 0.05) is 23.0 Å². The highest BCUT2D eigenvalue weighted by Gasteiger charge is 2.07. The summed E-state index contributed by atoms with van der Waals surface area (Å²) < 4.78 is 1.63. The highest BCUT2D eigenvalue weighted by Crippen LogP contribution is 2.00. The number of hydrogen-bond donors (Lipinski definition) is 1. The standard InChI is InChI=1S/C16H12N2O/c17-11-13-10-12-6-4-5-9-15(12)18(16(13)19)14-7-2-1-3-8-14/h1-4,6-8,10H,11,17H2. The van der Waals surface area contributed by atoms with Crippen LogP contribution in [0.4, 0.5) is 0 Å². The van der Waals surface area contributed by atoms with Crippen LogP contribution in [0.3, 0.4) is 0 Å². The first kappa shape index (κ1) is 11.5. The smallest absolute Gasteiger partial charge is 0.260 e. The summed E-state index contributed by atoms with van der Waals surface area (Å²) in [5.74, 6) is 0. The lowest BCUT2D eigenvalue weighted by molar-refractivity contribution is 0.888. The molecule has 0 saturated carbocycles. The maximum Gasteiger partial charge on any atom is 0.260 e. The van der Waals surface area contributed by atoms with Crippen LogP contribution in [0.2, 0.25) is 0 Å². The van der Waals surface area contributed by atoms with Crippen molar-refractivity contribution in [2.24, 2.45) is 5.73 Å². The Morgan fingerprint density at radius 1 is 1.21 bits per heavy atom. The van der Waals surface area contributed by atoms with Gasteiger partial charge in [-0.3, -0.25) is 9.36 Å². The fourth-order valence-electron chi connectivity index (χ4n) is 2.16. The molecule has 1 aromatic heterocycles. The van der Waals surface area contributed by atoms with E-state index < -0.39 is 0 Å². The largest absolute Gasteiger partial charge is 0.326 e. The molecule has 0 atom stereocenters. The number of aromatic nitrogens is 1. The lowest BCUT2D eigenvalue weighted by Gasteiger charge is -2.09.